The maximum atomic E-state index is 12.6. The first-order valence-corrected chi connectivity index (χ1v) is 9.59. The van der Waals surface area contributed by atoms with Gasteiger partial charge in [0.15, 0.2) is 5.69 Å². The van der Waals surface area contributed by atoms with Gasteiger partial charge in [-0.2, -0.15) is 0 Å². The highest BCUT2D eigenvalue weighted by molar-refractivity contribution is 7.14. The van der Waals surface area contributed by atoms with Crippen LogP contribution in [-0.4, -0.2) is 41.5 Å². The van der Waals surface area contributed by atoms with Crippen molar-refractivity contribution in [1.29, 1.82) is 0 Å². The maximum absolute atomic E-state index is 12.6. The van der Waals surface area contributed by atoms with E-state index in [0.29, 0.717) is 22.9 Å². The SMILES string of the molecule is CCOc1ccccc1C(=O)Nc1scnc1C(=O)NN1CCCCC1. The number of hydrazine groups is 1. The van der Waals surface area contributed by atoms with Gasteiger partial charge in [0.05, 0.1) is 17.7 Å². The normalized spacial score (nSPS) is 14.7. The van der Waals surface area contributed by atoms with Gasteiger partial charge in [-0.15, -0.1) is 11.3 Å². The third kappa shape index (κ3) is 4.39. The maximum Gasteiger partial charge on any atom is 0.287 e. The van der Waals surface area contributed by atoms with Crippen molar-refractivity contribution in [1.82, 2.24) is 15.4 Å². The van der Waals surface area contributed by atoms with Gasteiger partial charge in [-0.1, -0.05) is 18.6 Å². The quantitative estimate of drug-likeness (QED) is 0.812. The lowest BCUT2D eigenvalue weighted by molar-refractivity contribution is 0.0746. The molecule has 1 aliphatic rings. The summed E-state index contributed by atoms with van der Waals surface area (Å²) in [6.07, 6.45) is 3.31. The molecule has 1 aromatic heterocycles. The number of carbonyl (C=O) groups excluding carboxylic acids is 2. The molecule has 0 saturated carbocycles. The van der Waals surface area contributed by atoms with Crippen LogP contribution in [0.15, 0.2) is 29.8 Å². The average molecular weight is 374 g/mol. The second-order valence-corrected chi connectivity index (χ2v) is 6.76. The standard InChI is InChI=1S/C18H22N4O3S/c1-2-25-14-9-5-4-8-13(14)16(23)20-18-15(19-12-26-18)17(24)21-22-10-6-3-7-11-22/h4-5,8-9,12H,2-3,6-7,10-11H2,1H3,(H,20,23)(H,21,24). The van der Waals surface area contributed by atoms with E-state index in [1.54, 1.807) is 23.7 Å². The number of amides is 2. The Morgan fingerprint density at radius 2 is 1.96 bits per heavy atom. The summed E-state index contributed by atoms with van der Waals surface area (Å²) in [7, 11) is 0. The minimum atomic E-state index is -0.328. The van der Waals surface area contributed by atoms with Gasteiger partial charge in [0.1, 0.15) is 10.8 Å². The van der Waals surface area contributed by atoms with Crippen LogP contribution < -0.4 is 15.5 Å². The van der Waals surface area contributed by atoms with Crippen molar-refractivity contribution in [2.75, 3.05) is 25.0 Å². The van der Waals surface area contributed by atoms with Crippen LogP contribution in [0.2, 0.25) is 0 Å². The van der Waals surface area contributed by atoms with Crippen molar-refractivity contribution < 1.29 is 14.3 Å². The molecule has 7 nitrogen and oxygen atoms in total. The molecule has 1 aliphatic heterocycles. The minimum absolute atomic E-state index is 0.225. The first-order chi connectivity index (χ1) is 12.7. The monoisotopic (exact) mass is 374 g/mol. The van der Waals surface area contributed by atoms with Gasteiger partial charge in [0.2, 0.25) is 0 Å². The third-order valence-electron chi connectivity index (χ3n) is 4.06. The molecule has 0 spiro atoms. The average Bonchev–Trinajstić information content (AvgIpc) is 3.11. The predicted octanol–water partition coefficient (Wildman–Crippen LogP) is 2.92. The van der Waals surface area contributed by atoms with Gasteiger partial charge in [-0.05, 0) is 31.9 Å². The van der Waals surface area contributed by atoms with Gasteiger partial charge >= 0.3 is 0 Å². The van der Waals surface area contributed by atoms with Crippen LogP contribution in [0.3, 0.4) is 0 Å². The van der Waals surface area contributed by atoms with Crippen LogP contribution in [0.25, 0.3) is 0 Å². The van der Waals surface area contributed by atoms with Crippen LogP contribution in [-0.2, 0) is 0 Å². The lowest BCUT2D eigenvalue weighted by Gasteiger charge is -2.26. The Bertz CT molecular complexity index is 771. The molecular weight excluding hydrogens is 352 g/mol. The van der Waals surface area contributed by atoms with Gasteiger partial charge < -0.3 is 10.1 Å². The molecule has 0 aliphatic carbocycles. The molecule has 1 fully saturated rings. The van der Waals surface area contributed by atoms with Gasteiger partial charge in [0.25, 0.3) is 11.8 Å². The van der Waals surface area contributed by atoms with E-state index in [2.05, 4.69) is 15.7 Å². The molecule has 2 heterocycles. The van der Waals surface area contributed by atoms with Crippen molar-refractivity contribution in [2.24, 2.45) is 0 Å². The molecule has 138 valence electrons. The number of hydrogen-bond acceptors (Lipinski definition) is 6. The number of para-hydroxylation sites is 1. The fourth-order valence-electron chi connectivity index (χ4n) is 2.80. The van der Waals surface area contributed by atoms with Crippen LogP contribution in [0.4, 0.5) is 5.00 Å². The lowest BCUT2D eigenvalue weighted by atomic mass is 10.2. The molecule has 2 N–H and O–H groups in total. The number of thiazole rings is 1. The van der Waals surface area contributed by atoms with Crippen molar-refractivity contribution in [3.63, 3.8) is 0 Å². The Hall–Kier alpha value is -2.45. The summed E-state index contributed by atoms with van der Waals surface area (Å²) in [5.41, 5.74) is 5.07. The van der Waals surface area contributed by atoms with Gasteiger partial charge in [-0.3, -0.25) is 15.0 Å². The smallest absolute Gasteiger partial charge is 0.287 e. The van der Waals surface area contributed by atoms with Gasteiger partial charge in [-0.25, -0.2) is 9.99 Å². The summed E-state index contributed by atoms with van der Waals surface area (Å²) in [6.45, 7) is 3.99. The van der Waals surface area contributed by atoms with Crippen LogP contribution in [0.5, 0.6) is 5.75 Å². The highest BCUT2D eigenvalue weighted by Gasteiger charge is 2.21. The Morgan fingerprint density at radius 3 is 2.73 bits per heavy atom. The summed E-state index contributed by atoms with van der Waals surface area (Å²) in [5, 5.41) is 5.11. The molecule has 8 heteroatoms. The lowest BCUT2D eigenvalue weighted by Crippen LogP contribution is -2.45. The molecule has 0 radical (unpaired) electrons. The number of anilines is 1. The highest BCUT2D eigenvalue weighted by Crippen LogP contribution is 2.24. The number of carbonyl (C=O) groups is 2. The number of hydrogen-bond donors (Lipinski definition) is 2. The van der Waals surface area contributed by atoms with Crippen molar-refractivity contribution >= 4 is 28.2 Å². The van der Waals surface area contributed by atoms with E-state index in [0.717, 1.165) is 25.9 Å². The van der Waals surface area contributed by atoms with Crippen molar-refractivity contribution in [3.05, 3.63) is 41.0 Å². The first-order valence-electron chi connectivity index (χ1n) is 8.71. The Balaban J connectivity index is 1.70. The van der Waals surface area contributed by atoms with Crippen molar-refractivity contribution in [2.45, 2.75) is 26.2 Å². The van der Waals surface area contributed by atoms with E-state index in [9.17, 15) is 9.59 Å². The van der Waals surface area contributed by atoms with E-state index < -0.39 is 0 Å². The van der Waals surface area contributed by atoms with E-state index in [4.69, 9.17) is 4.74 Å². The number of benzene rings is 1. The molecular formula is C18H22N4O3S. The zero-order valence-corrected chi connectivity index (χ0v) is 15.5. The zero-order chi connectivity index (χ0) is 18.4. The number of piperidine rings is 1. The Morgan fingerprint density at radius 1 is 1.19 bits per heavy atom. The molecule has 0 unspecified atom stereocenters. The summed E-state index contributed by atoms with van der Waals surface area (Å²) in [4.78, 5) is 29.2. The zero-order valence-electron chi connectivity index (χ0n) is 14.7. The van der Waals surface area contributed by atoms with Crippen molar-refractivity contribution in [3.8, 4) is 5.75 Å². The molecule has 2 amide bonds. The predicted molar refractivity (Wildman–Crippen MR) is 101 cm³/mol. The fraction of sp³-hybridized carbons (Fsp3) is 0.389. The second kappa shape index (κ2) is 8.77. The number of nitrogens with one attached hydrogen (secondary N) is 2. The van der Waals surface area contributed by atoms with Crippen LogP contribution in [0, 0.1) is 0 Å². The molecule has 26 heavy (non-hydrogen) atoms. The summed E-state index contributed by atoms with van der Waals surface area (Å²) in [6, 6.07) is 7.02. The summed E-state index contributed by atoms with van der Waals surface area (Å²) < 4.78 is 5.50. The van der Waals surface area contributed by atoms with Gasteiger partial charge in [0, 0.05) is 13.1 Å². The largest absolute Gasteiger partial charge is 0.493 e. The second-order valence-electron chi connectivity index (χ2n) is 5.90. The fourth-order valence-corrected chi connectivity index (χ4v) is 3.48. The van der Waals surface area contributed by atoms with E-state index >= 15 is 0 Å². The molecule has 0 atom stereocenters. The van der Waals surface area contributed by atoms with E-state index in [-0.39, 0.29) is 17.5 Å². The Labute approximate surface area is 156 Å². The minimum Gasteiger partial charge on any atom is -0.493 e. The third-order valence-corrected chi connectivity index (χ3v) is 4.80. The van der Waals surface area contributed by atoms with E-state index in [1.807, 2.05) is 18.0 Å². The molecule has 0 bridgehead atoms. The summed E-state index contributed by atoms with van der Waals surface area (Å²) in [5.74, 6) is -0.122. The number of ether oxygens (including phenoxy) is 1. The topological polar surface area (TPSA) is 83.6 Å². The van der Waals surface area contributed by atoms with E-state index in [1.165, 1.54) is 17.8 Å². The number of nitrogens with zero attached hydrogens (tertiary/aromatic N) is 2. The molecule has 1 saturated heterocycles. The number of rotatable bonds is 6. The molecule has 2 aromatic rings. The number of aromatic nitrogens is 1. The van der Waals surface area contributed by atoms with Crippen LogP contribution in [0.1, 0.15) is 47.0 Å². The summed E-state index contributed by atoms with van der Waals surface area (Å²) >= 11 is 1.22. The Kier molecular flexibility index (Phi) is 6.19. The first kappa shape index (κ1) is 18.3. The van der Waals surface area contributed by atoms with Crippen LogP contribution >= 0.6 is 11.3 Å². The molecule has 1 aromatic carbocycles. The highest BCUT2D eigenvalue weighted by atomic mass is 32.1. The molecule has 3 rings (SSSR count).